The van der Waals surface area contributed by atoms with E-state index in [1.54, 1.807) is 48.5 Å². The van der Waals surface area contributed by atoms with Crippen molar-refractivity contribution >= 4 is 19.7 Å². The molecule has 0 spiro atoms. The van der Waals surface area contributed by atoms with Crippen molar-refractivity contribution in [1.82, 2.24) is 0 Å². The van der Waals surface area contributed by atoms with Gasteiger partial charge in [-0.3, -0.25) is 0 Å². The van der Waals surface area contributed by atoms with Gasteiger partial charge in [0.1, 0.15) is 49.2 Å². The third kappa shape index (κ3) is 7.48. The summed E-state index contributed by atoms with van der Waals surface area (Å²) in [5.41, 5.74) is 0. The normalized spacial score (nSPS) is 18.4. The molecule has 4 rings (SSSR count). The van der Waals surface area contributed by atoms with Crippen molar-refractivity contribution in [3.05, 3.63) is 48.5 Å². The van der Waals surface area contributed by atoms with Crippen molar-refractivity contribution in [2.24, 2.45) is 0 Å². The zero-order chi connectivity index (χ0) is 24.7. The number of hydrogen-bond donors (Lipinski definition) is 2. The van der Waals surface area contributed by atoms with E-state index in [4.69, 9.17) is 14.2 Å². The molecule has 0 amide bonds. The van der Waals surface area contributed by atoms with Gasteiger partial charge in [-0.05, 0) is 48.5 Å². The van der Waals surface area contributed by atoms with Crippen molar-refractivity contribution in [3.63, 3.8) is 0 Å². The number of ether oxygens (including phenoxy) is 3. The van der Waals surface area contributed by atoms with Crippen LogP contribution in [0.3, 0.4) is 0 Å². The molecule has 2 N–H and O–H groups in total. The van der Waals surface area contributed by atoms with E-state index in [1.807, 2.05) is 0 Å². The molecule has 9 nitrogen and oxygen atoms in total. The summed E-state index contributed by atoms with van der Waals surface area (Å²) < 4.78 is 67.2. The molecule has 0 aromatic heterocycles. The van der Waals surface area contributed by atoms with Gasteiger partial charge in [0.25, 0.3) is 0 Å². The summed E-state index contributed by atoms with van der Waals surface area (Å²) in [5.74, 6) is 1.14. The van der Waals surface area contributed by atoms with Crippen molar-refractivity contribution in [2.75, 3.05) is 77.2 Å². The van der Waals surface area contributed by atoms with E-state index in [0.29, 0.717) is 51.0 Å². The molecule has 2 fully saturated rings. The predicted molar refractivity (Wildman–Crippen MR) is 130 cm³/mol. The molecule has 35 heavy (non-hydrogen) atoms. The van der Waals surface area contributed by atoms with Crippen LogP contribution in [0.4, 0.5) is 0 Å². The van der Waals surface area contributed by atoms with Crippen LogP contribution in [0.1, 0.15) is 0 Å². The SMILES string of the molecule is O=S(=O)(CC[NH+]1CCOCC1)c1ccc(Oc2ccc(S(=O)(=O)CC[NH+]3CCOCC3)cc2)cc1. The number of benzene rings is 2. The van der Waals surface area contributed by atoms with E-state index >= 15 is 0 Å². The van der Waals surface area contributed by atoms with Crippen molar-refractivity contribution in [3.8, 4) is 11.5 Å². The number of quaternary nitrogens is 2. The minimum atomic E-state index is -3.38. The molecule has 0 radical (unpaired) electrons. The summed E-state index contributed by atoms with van der Waals surface area (Å²) in [7, 11) is -6.76. The average molecular weight is 527 g/mol. The maximum absolute atomic E-state index is 12.7. The van der Waals surface area contributed by atoms with Gasteiger partial charge in [0.2, 0.25) is 0 Å². The Morgan fingerprint density at radius 2 is 0.943 bits per heavy atom. The largest absolute Gasteiger partial charge is 0.457 e. The Labute approximate surface area is 207 Å². The molecule has 0 atom stereocenters. The second kappa shape index (κ2) is 11.8. The van der Waals surface area contributed by atoms with E-state index in [2.05, 4.69) is 0 Å². The molecular weight excluding hydrogens is 492 g/mol. The lowest BCUT2D eigenvalue weighted by Gasteiger charge is -2.23. The molecule has 2 saturated heterocycles. The van der Waals surface area contributed by atoms with E-state index in [1.165, 1.54) is 9.80 Å². The van der Waals surface area contributed by atoms with Crippen LogP contribution >= 0.6 is 0 Å². The van der Waals surface area contributed by atoms with E-state index in [9.17, 15) is 16.8 Å². The van der Waals surface area contributed by atoms with Gasteiger partial charge in [0.05, 0.1) is 49.3 Å². The monoisotopic (exact) mass is 526 g/mol. The van der Waals surface area contributed by atoms with Gasteiger partial charge < -0.3 is 24.0 Å². The quantitative estimate of drug-likeness (QED) is 0.403. The van der Waals surface area contributed by atoms with Crippen LogP contribution in [0, 0.1) is 0 Å². The number of nitrogens with one attached hydrogen (secondary N) is 2. The summed E-state index contributed by atoms with van der Waals surface area (Å²) in [5, 5.41) is 0. The molecule has 0 aliphatic carbocycles. The topological polar surface area (TPSA) is 105 Å². The number of rotatable bonds is 10. The fourth-order valence-corrected chi connectivity index (χ4v) is 6.87. The molecular formula is C24H34N2O7S2+2. The Morgan fingerprint density at radius 1 is 0.600 bits per heavy atom. The van der Waals surface area contributed by atoms with Crippen molar-refractivity contribution in [1.29, 1.82) is 0 Å². The Balaban J connectivity index is 1.31. The summed E-state index contributed by atoms with van der Waals surface area (Å²) >= 11 is 0. The summed E-state index contributed by atoms with van der Waals surface area (Å²) in [6.45, 7) is 7.13. The first-order valence-electron chi connectivity index (χ1n) is 12.0. The van der Waals surface area contributed by atoms with Crippen LogP contribution < -0.4 is 14.5 Å². The van der Waals surface area contributed by atoms with Crippen LogP contribution in [0.15, 0.2) is 58.3 Å². The molecule has 2 aromatic rings. The van der Waals surface area contributed by atoms with E-state index < -0.39 is 19.7 Å². The number of morpholine rings is 2. The van der Waals surface area contributed by atoms with Gasteiger partial charge in [-0.25, -0.2) is 16.8 Å². The highest BCUT2D eigenvalue weighted by atomic mass is 32.2. The average Bonchev–Trinajstić information content (AvgIpc) is 2.88. The van der Waals surface area contributed by atoms with Crippen LogP contribution in [0.25, 0.3) is 0 Å². The lowest BCUT2D eigenvalue weighted by molar-refractivity contribution is -0.905. The van der Waals surface area contributed by atoms with Gasteiger partial charge in [0, 0.05) is 0 Å². The zero-order valence-electron chi connectivity index (χ0n) is 19.8. The third-order valence-electron chi connectivity index (χ3n) is 6.45. The maximum Gasteiger partial charge on any atom is 0.183 e. The molecule has 2 heterocycles. The second-order valence-corrected chi connectivity index (χ2v) is 13.1. The van der Waals surface area contributed by atoms with Crippen LogP contribution in [0.2, 0.25) is 0 Å². The van der Waals surface area contributed by atoms with Gasteiger partial charge >= 0.3 is 0 Å². The predicted octanol–water partition coefficient (Wildman–Crippen LogP) is -1.14. The highest BCUT2D eigenvalue weighted by Gasteiger charge is 2.22. The van der Waals surface area contributed by atoms with E-state index in [0.717, 1.165) is 26.2 Å². The second-order valence-electron chi connectivity index (χ2n) is 8.91. The Morgan fingerprint density at radius 3 is 1.29 bits per heavy atom. The summed E-state index contributed by atoms with van der Waals surface area (Å²) in [6, 6.07) is 12.7. The zero-order valence-corrected chi connectivity index (χ0v) is 21.4. The first-order chi connectivity index (χ1) is 16.8. The molecule has 11 heteroatoms. The maximum atomic E-state index is 12.7. The van der Waals surface area contributed by atoms with Gasteiger partial charge in [-0.2, -0.15) is 0 Å². The first-order valence-corrected chi connectivity index (χ1v) is 15.3. The minimum Gasteiger partial charge on any atom is -0.457 e. The van der Waals surface area contributed by atoms with Gasteiger partial charge in [-0.1, -0.05) is 0 Å². The fraction of sp³-hybridized carbons (Fsp3) is 0.500. The minimum absolute atomic E-state index is 0.0888. The van der Waals surface area contributed by atoms with E-state index in [-0.39, 0.29) is 21.3 Å². The third-order valence-corrected chi connectivity index (χ3v) is 9.91. The fourth-order valence-electron chi connectivity index (χ4n) is 4.18. The van der Waals surface area contributed by atoms with Gasteiger partial charge in [0.15, 0.2) is 19.7 Å². The molecule has 0 saturated carbocycles. The smallest absolute Gasteiger partial charge is 0.183 e. The van der Waals surface area contributed by atoms with Crippen molar-refractivity contribution in [2.45, 2.75) is 9.79 Å². The Hall–Kier alpha value is -2.02. The summed E-state index contributed by atoms with van der Waals surface area (Å²) in [4.78, 5) is 3.02. The summed E-state index contributed by atoms with van der Waals surface area (Å²) in [6.07, 6.45) is 0. The van der Waals surface area contributed by atoms with Crippen LogP contribution in [-0.2, 0) is 29.1 Å². The lowest BCUT2D eigenvalue weighted by Crippen LogP contribution is -3.14. The molecule has 2 aliphatic rings. The van der Waals surface area contributed by atoms with Gasteiger partial charge in [-0.15, -0.1) is 0 Å². The Kier molecular flexibility index (Phi) is 8.79. The molecule has 192 valence electrons. The molecule has 2 aromatic carbocycles. The van der Waals surface area contributed by atoms with Crippen LogP contribution in [-0.4, -0.2) is 94.0 Å². The first kappa shape index (κ1) is 26.1. The highest BCUT2D eigenvalue weighted by molar-refractivity contribution is 7.91. The number of hydrogen-bond acceptors (Lipinski definition) is 7. The molecule has 2 aliphatic heterocycles. The lowest BCUT2D eigenvalue weighted by atomic mass is 10.3. The molecule has 0 unspecified atom stereocenters. The standard InChI is InChI=1S/C24H32N2O7S2/c27-34(28,19-13-25-9-15-31-16-10-25)23-5-1-21(2-6-23)33-22-3-7-24(8-4-22)35(29,30)20-14-26-11-17-32-18-12-26/h1-8H,9-20H2/p+2. The number of sulfone groups is 2. The van der Waals surface area contributed by atoms with Crippen molar-refractivity contribution < 1.29 is 40.8 Å². The highest BCUT2D eigenvalue weighted by Crippen LogP contribution is 2.25. The molecule has 0 bridgehead atoms. The van der Waals surface area contributed by atoms with Crippen LogP contribution in [0.5, 0.6) is 11.5 Å². The Bertz CT molecular complexity index is 1060.